The van der Waals surface area contributed by atoms with Gasteiger partial charge in [-0.05, 0) is 0 Å². The Hall–Kier alpha value is -1.76. The third kappa shape index (κ3) is 2.28. The molecule has 2 unspecified atom stereocenters. The molecule has 0 aromatic heterocycles. The molecule has 1 fully saturated rings. The van der Waals surface area contributed by atoms with E-state index in [1.807, 2.05) is 0 Å². The fraction of sp³-hybridized carbons (Fsp3) is 0.185. The zero-order chi connectivity index (χ0) is 19.8. The van der Waals surface area contributed by atoms with Gasteiger partial charge in [-0.1, -0.05) is 0 Å². The van der Waals surface area contributed by atoms with Crippen molar-refractivity contribution in [3.63, 3.8) is 0 Å². The third-order valence-corrected chi connectivity index (χ3v) is 24.3. The summed E-state index contributed by atoms with van der Waals surface area (Å²) >= 11 is -2.61. The van der Waals surface area contributed by atoms with Crippen LogP contribution >= 0.6 is 0 Å². The third-order valence-electron chi connectivity index (χ3n) is 7.85. The molecule has 29 heavy (non-hydrogen) atoms. The Morgan fingerprint density at radius 2 is 1.07 bits per heavy atom. The van der Waals surface area contributed by atoms with Crippen LogP contribution in [0.5, 0.6) is 0 Å². The van der Waals surface area contributed by atoms with Gasteiger partial charge in [0.2, 0.25) is 0 Å². The van der Waals surface area contributed by atoms with E-state index in [1.54, 1.807) is 26.7 Å². The molecule has 1 saturated heterocycles. The van der Waals surface area contributed by atoms with Gasteiger partial charge in [-0.15, -0.1) is 0 Å². The molecule has 0 amide bonds. The second-order valence-corrected chi connectivity index (χ2v) is 25.4. The Morgan fingerprint density at radius 3 is 1.59 bits per heavy atom. The normalized spacial score (nSPS) is 28.0. The fourth-order valence-electron chi connectivity index (χ4n) is 6.55. The molecule has 0 radical (unpaired) electrons. The Labute approximate surface area is 179 Å². The topological polar surface area (TPSA) is 0 Å². The van der Waals surface area contributed by atoms with E-state index < -0.39 is 28.3 Å². The predicted molar refractivity (Wildman–Crippen MR) is 124 cm³/mol. The molecular weight excluding hydrogens is 444 g/mol. The quantitative estimate of drug-likeness (QED) is 0.353. The van der Waals surface area contributed by atoms with E-state index in [1.165, 1.54) is 11.1 Å². The number of rotatable bonds is 1. The molecule has 142 valence electrons. The first-order valence-electron chi connectivity index (χ1n) is 10.7. The number of fused-ring (bicyclic) bond motifs is 6. The summed E-state index contributed by atoms with van der Waals surface area (Å²) in [5.41, 5.74) is 6.23. The van der Waals surface area contributed by atoms with E-state index in [0.717, 1.165) is 0 Å². The van der Waals surface area contributed by atoms with Gasteiger partial charge in [0, 0.05) is 0 Å². The molecule has 2 heteroatoms. The molecule has 0 spiro atoms. The summed E-state index contributed by atoms with van der Waals surface area (Å²) in [6.45, 7) is 2.64. The van der Waals surface area contributed by atoms with Crippen LogP contribution < -0.4 is 5.19 Å². The molecule has 0 N–H and O–H groups in total. The summed E-state index contributed by atoms with van der Waals surface area (Å²) in [5, 5.41) is 5.16. The zero-order valence-corrected chi connectivity index (χ0v) is 20.8. The molecule has 0 bridgehead atoms. The van der Waals surface area contributed by atoms with Gasteiger partial charge in [-0.3, -0.25) is 0 Å². The number of allylic oxidation sites excluding steroid dienone is 2. The van der Waals surface area contributed by atoms with Crippen LogP contribution in [-0.2, 0) is 20.3 Å². The Kier molecular flexibility index (Phi) is 3.81. The van der Waals surface area contributed by atoms with E-state index >= 15 is 0 Å². The Balaban J connectivity index is 1.69. The number of benzene rings is 3. The number of hydrogen-bond donors (Lipinski definition) is 0. The summed E-state index contributed by atoms with van der Waals surface area (Å²) < 4.78 is 6.83. The summed E-state index contributed by atoms with van der Waals surface area (Å²) in [6, 6.07) is 30.0. The molecule has 3 aliphatic rings. The van der Waals surface area contributed by atoms with Gasteiger partial charge in [0.25, 0.3) is 0 Å². The van der Waals surface area contributed by atoms with Crippen molar-refractivity contribution in [2.24, 2.45) is 0 Å². The van der Waals surface area contributed by atoms with E-state index in [2.05, 4.69) is 107 Å². The first-order chi connectivity index (χ1) is 14.0. The van der Waals surface area contributed by atoms with E-state index in [9.17, 15) is 0 Å². The van der Waals surface area contributed by atoms with Crippen LogP contribution in [0, 0.1) is 0 Å². The van der Waals surface area contributed by atoms with E-state index in [4.69, 9.17) is 0 Å². The van der Waals surface area contributed by atoms with Crippen LogP contribution in [0.3, 0.4) is 0 Å². The second kappa shape index (κ2) is 6.13. The van der Waals surface area contributed by atoms with Crippen molar-refractivity contribution >= 4 is 25.4 Å². The summed E-state index contributed by atoms with van der Waals surface area (Å²) in [7, 11) is -1.98. The van der Waals surface area contributed by atoms with Crippen LogP contribution in [0.2, 0.25) is 15.8 Å². The summed E-state index contributed by atoms with van der Waals surface area (Å²) in [5.74, 6) is 0. The molecule has 1 heterocycles. The van der Waals surface area contributed by atoms with E-state index in [-0.39, 0.29) is 0 Å². The molecular formula is C27H26SiZr. The maximum atomic E-state index is 2.72. The van der Waals surface area contributed by atoms with Crippen molar-refractivity contribution in [3.8, 4) is 0 Å². The van der Waals surface area contributed by atoms with Gasteiger partial charge in [-0.25, -0.2) is 0 Å². The van der Waals surface area contributed by atoms with Crippen molar-refractivity contribution in [2.75, 3.05) is 0 Å². The molecule has 1 aliphatic heterocycles. The molecule has 2 atom stereocenters. The number of hydrogen-bond acceptors (Lipinski definition) is 0. The van der Waals surface area contributed by atoms with Crippen molar-refractivity contribution in [3.05, 3.63) is 112 Å². The van der Waals surface area contributed by atoms with E-state index in [0.29, 0.717) is 7.25 Å². The SMILES string of the molecule is C[Si]1(c2ccccc2)C2=Cc3ccccc3[CH]2[Zr]([CH3])([CH3])[CH]2C1=Cc1ccccc12. The Morgan fingerprint density at radius 1 is 0.621 bits per heavy atom. The van der Waals surface area contributed by atoms with Crippen LogP contribution in [0.1, 0.15) is 29.5 Å². The van der Waals surface area contributed by atoms with Crippen LogP contribution in [0.15, 0.2) is 89.3 Å². The average molecular weight is 470 g/mol. The van der Waals surface area contributed by atoms with Gasteiger partial charge >= 0.3 is 180 Å². The Bertz CT molecular complexity index is 1130. The minimum absolute atomic E-state index is 0.700. The van der Waals surface area contributed by atoms with Crippen molar-refractivity contribution < 1.29 is 20.3 Å². The van der Waals surface area contributed by atoms with Gasteiger partial charge in [0.15, 0.2) is 0 Å². The van der Waals surface area contributed by atoms with Crippen LogP contribution in [0.25, 0.3) is 12.2 Å². The second-order valence-electron chi connectivity index (χ2n) is 9.64. The molecule has 0 nitrogen and oxygen atoms in total. The van der Waals surface area contributed by atoms with Gasteiger partial charge in [-0.2, -0.15) is 0 Å². The predicted octanol–water partition coefficient (Wildman–Crippen LogP) is 6.59. The van der Waals surface area contributed by atoms with Crippen molar-refractivity contribution in [2.45, 2.75) is 23.1 Å². The zero-order valence-electron chi connectivity index (χ0n) is 17.3. The summed E-state index contributed by atoms with van der Waals surface area (Å²) in [4.78, 5) is 0. The van der Waals surface area contributed by atoms with Crippen molar-refractivity contribution in [1.29, 1.82) is 0 Å². The molecule has 2 aliphatic carbocycles. The van der Waals surface area contributed by atoms with Crippen molar-refractivity contribution in [1.82, 2.24) is 0 Å². The average Bonchev–Trinajstić information content (AvgIpc) is 3.34. The van der Waals surface area contributed by atoms with Crippen LogP contribution in [0.4, 0.5) is 0 Å². The minimum atomic E-state index is -2.61. The first-order valence-corrected chi connectivity index (χ1v) is 21.0. The molecule has 6 rings (SSSR count). The maximum absolute atomic E-state index is 2.72. The van der Waals surface area contributed by atoms with Gasteiger partial charge < -0.3 is 0 Å². The molecule has 3 aromatic rings. The molecule has 3 aromatic carbocycles. The standard InChI is InChI=1S/C25H20Si.2CH3.Zr/c1-26(23-13-3-2-4-14-23,24-15-19-9-5-6-10-20(19)16-24)25-17-21-11-7-8-12-22(21)18-25;;;/h2-18H,1H3;2*1H3;. The van der Waals surface area contributed by atoms with Gasteiger partial charge in [0.1, 0.15) is 0 Å². The molecule has 0 saturated carbocycles. The van der Waals surface area contributed by atoms with Gasteiger partial charge in [0.05, 0.1) is 0 Å². The summed E-state index contributed by atoms with van der Waals surface area (Å²) in [6.07, 6.45) is 5.22. The van der Waals surface area contributed by atoms with Crippen LogP contribution in [-0.4, -0.2) is 8.07 Å². The first kappa shape index (κ1) is 18.0. The monoisotopic (exact) mass is 468 g/mol. The fourth-order valence-corrected chi connectivity index (χ4v) is 29.8.